The van der Waals surface area contributed by atoms with Gasteiger partial charge in [0.25, 0.3) is 5.91 Å². The van der Waals surface area contributed by atoms with Gasteiger partial charge in [-0.1, -0.05) is 0 Å². The molecule has 0 bridgehead atoms. The largest absolute Gasteiger partial charge is 0.372 e. The van der Waals surface area contributed by atoms with Crippen molar-refractivity contribution < 1.29 is 9.18 Å². The molecule has 0 radical (unpaired) electrons. The lowest BCUT2D eigenvalue weighted by atomic mass is 10.2. The molecule has 2 aromatic rings. The van der Waals surface area contributed by atoms with Gasteiger partial charge in [0, 0.05) is 13.6 Å². The fourth-order valence-corrected chi connectivity index (χ4v) is 1.75. The molecule has 20 heavy (non-hydrogen) atoms. The standard InChI is InChI=1S/C12H15FN6O/c1-3-19-7-17-18-10(19)6-16-12(20)9-4-8(13)5-15-11(9)14-2/h4-5,7H,3,6H2,1-2H3,(H,14,15)(H,16,20). The maximum absolute atomic E-state index is 13.2. The molecule has 0 spiro atoms. The number of pyridine rings is 1. The number of hydrogen-bond donors (Lipinski definition) is 2. The zero-order valence-electron chi connectivity index (χ0n) is 11.2. The first-order valence-electron chi connectivity index (χ1n) is 6.13. The van der Waals surface area contributed by atoms with Gasteiger partial charge in [0.1, 0.15) is 18.0 Å². The van der Waals surface area contributed by atoms with Crippen molar-refractivity contribution in [2.75, 3.05) is 12.4 Å². The van der Waals surface area contributed by atoms with Gasteiger partial charge in [-0.3, -0.25) is 4.79 Å². The molecule has 0 aliphatic carbocycles. The highest BCUT2D eigenvalue weighted by atomic mass is 19.1. The number of aromatic nitrogens is 4. The lowest BCUT2D eigenvalue weighted by Gasteiger charge is -2.09. The monoisotopic (exact) mass is 278 g/mol. The lowest BCUT2D eigenvalue weighted by Crippen LogP contribution is -2.26. The van der Waals surface area contributed by atoms with Crippen LogP contribution in [0.1, 0.15) is 23.1 Å². The summed E-state index contributed by atoms with van der Waals surface area (Å²) in [6.45, 7) is 2.87. The Bertz CT molecular complexity index is 612. The Morgan fingerprint density at radius 3 is 3.00 bits per heavy atom. The first-order valence-corrected chi connectivity index (χ1v) is 6.13. The van der Waals surface area contributed by atoms with Crippen molar-refractivity contribution in [1.82, 2.24) is 25.1 Å². The normalized spacial score (nSPS) is 10.3. The highest BCUT2D eigenvalue weighted by molar-refractivity contribution is 5.98. The summed E-state index contributed by atoms with van der Waals surface area (Å²) in [5.74, 6) is -0.0324. The van der Waals surface area contributed by atoms with Crippen LogP contribution in [0.15, 0.2) is 18.6 Å². The van der Waals surface area contributed by atoms with E-state index in [1.165, 1.54) is 0 Å². The van der Waals surface area contributed by atoms with Crippen LogP contribution in [0, 0.1) is 5.82 Å². The van der Waals surface area contributed by atoms with Crippen LogP contribution in [0.3, 0.4) is 0 Å². The first-order chi connectivity index (χ1) is 9.65. The van der Waals surface area contributed by atoms with E-state index in [-0.39, 0.29) is 12.1 Å². The van der Waals surface area contributed by atoms with Crippen molar-refractivity contribution in [3.63, 3.8) is 0 Å². The highest BCUT2D eigenvalue weighted by Gasteiger charge is 2.14. The summed E-state index contributed by atoms with van der Waals surface area (Å²) in [5.41, 5.74) is 0.148. The van der Waals surface area contributed by atoms with E-state index in [4.69, 9.17) is 0 Å². The molecule has 0 aromatic carbocycles. The molecule has 0 saturated heterocycles. The third-order valence-corrected chi connectivity index (χ3v) is 2.78. The van der Waals surface area contributed by atoms with Gasteiger partial charge in [-0.05, 0) is 13.0 Å². The van der Waals surface area contributed by atoms with Crippen LogP contribution in [-0.2, 0) is 13.1 Å². The Morgan fingerprint density at radius 1 is 1.50 bits per heavy atom. The van der Waals surface area contributed by atoms with Gasteiger partial charge in [0.05, 0.1) is 18.3 Å². The summed E-state index contributed by atoms with van der Waals surface area (Å²) < 4.78 is 15.0. The summed E-state index contributed by atoms with van der Waals surface area (Å²) in [7, 11) is 1.62. The molecular formula is C12H15FN6O. The number of carbonyl (C=O) groups excluding carboxylic acids is 1. The number of amides is 1. The van der Waals surface area contributed by atoms with E-state index >= 15 is 0 Å². The number of nitrogens with zero attached hydrogens (tertiary/aromatic N) is 4. The molecule has 0 unspecified atom stereocenters. The number of hydrogen-bond acceptors (Lipinski definition) is 5. The van der Waals surface area contributed by atoms with Gasteiger partial charge < -0.3 is 15.2 Å². The van der Waals surface area contributed by atoms with Crippen molar-refractivity contribution in [1.29, 1.82) is 0 Å². The van der Waals surface area contributed by atoms with Crippen LogP contribution in [-0.4, -0.2) is 32.7 Å². The van der Waals surface area contributed by atoms with Crippen molar-refractivity contribution >= 4 is 11.7 Å². The van der Waals surface area contributed by atoms with E-state index in [9.17, 15) is 9.18 Å². The van der Waals surface area contributed by atoms with Crippen LogP contribution in [0.5, 0.6) is 0 Å². The minimum Gasteiger partial charge on any atom is -0.372 e. The number of nitrogens with one attached hydrogen (secondary N) is 2. The Balaban J connectivity index is 2.11. The summed E-state index contributed by atoms with van der Waals surface area (Å²) in [4.78, 5) is 15.9. The maximum Gasteiger partial charge on any atom is 0.255 e. The van der Waals surface area contributed by atoms with Gasteiger partial charge in [0.2, 0.25) is 0 Å². The van der Waals surface area contributed by atoms with E-state index in [0.29, 0.717) is 18.2 Å². The van der Waals surface area contributed by atoms with E-state index in [0.717, 1.165) is 12.3 Å². The highest BCUT2D eigenvalue weighted by Crippen LogP contribution is 2.12. The number of anilines is 1. The molecule has 7 nitrogen and oxygen atoms in total. The SMILES string of the molecule is CCn1cnnc1CNC(=O)c1cc(F)cnc1NC. The Labute approximate surface area is 115 Å². The van der Waals surface area contributed by atoms with Crippen molar-refractivity contribution in [3.05, 3.63) is 35.8 Å². The second kappa shape index (κ2) is 6.09. The summed E-state index contributed by atoms with van der Waals surface area (Å²) in [6, 6.07) is 1.14. The average Bonchev–Trinajstić information content (AvgIpc) is 2.92. The second-order valence-electron chi connectivity index (χ2n) is 4.02. The number of rotatable bonds is 5. The van der Waals surface area contributed by atoms with E-state index in [1.54, 1.807) is 13.4 Å². The van der Waals surface area contributed by atoms with Crippen molar-refractivity contribution in [2.45, 2.75) is 20.0 Å². The quantitative estimate of drug-likeness (QED) is 0.845. The van der Waals surface area contributed by atoms with Crippen LogP contribution < -0.4 is 10.6 Å². The molecule has 0 atom stereocenters. The zero-order valence-corrected chi connectivity index (χ0v) is 11.2. The van der Waals surface area contributed by atoms with Crippen molar-refractivity contribution in [3.8, 4) is 0 Å². The third kappa shape index (κ3) is 2.90. The fraction of sp³-hybridized carbons (Fsp3) is 0.333. The zero-order chi connectivity index (χ0) is 14.5. The van der Waals surface area contributed by atoms with Crippen LogP contribution in [0.2, 0.25) is 0 Å². The summed E-state index contributed by atoms with van der Waals surface area (Å²) >= 11 is 0. The predicted octanol–water partition coefficient (Wildman–Crippen LogP) is 0.804. The van der Waals surface area contributed by atoms with Crippen LogP contribution in [0.25, 0.3) is 0 Å². The van der Waals surface area contributed by atoms with E-state index in [1.807, 2.05) is 11.5 Å². The molecule has 106 valence electrons. The topological polar surface area (TPSA) is 84.7 Å². The van der Waals surface area contributed by atoms with Crippen molar-refractivity contribution in [2.24, 2.45) is 0 Å². The lowest BCUT2D eigenvalue weighted by molar-refractivity contribution is 0.0949. The van der Waals surface area contributed by atoms with E-state index < -0.39 is 11.7 Å². The molecule has 2 aromatic heterocycles. The summed E-state index contributed by atoms with van der Waals surface area (Å²) in [5, 5.41) is 13.1. The minimum absolute atomic E-state index is 0.148. The van der Waals surface area contributed by atoms with Gasteiger partial charge in [-0.2, -0.15) is 0 Å². The third-order valence-electron chi connectivity index (χ3n) is 2.78. The average molecular weight is 278 g/mol. The molecular weight excluding hydrogens is 263 g/mol. The Kier molecular flexibility index (Phi) is 4.24. The van der Waals surface area contributed by atoms with Gasteiger partial charge in [-0.15, -0.1) is 10.2 Å². The predicted molar refractivity (Wildman–Crippen MR) is 70.6 cm³/mol. The molecule has 0 fully saturated rings. The Morgan fingerprint density at radius 2 is 2.30 bits per heavy atom. The van der Waals surface area contributed by atoms with Crippen LogP contribution >= 0.6 is 0 Å². The molecule has 0 saturated carbocycles. The number of halogens is 1. The molecule has 2 N–H and O–H groups in total. The first kappa shape index (κ1) is 13.9. The Hall–Kier alpha value is -2.51. The molecule has 2 rings (SSSR count). The molecule has 2 heterocycles. The molecule has 0 aliphatic rings. The molecule has 8 heteroatoms. The number of aryl methyl sites for hydroxylation is 1. The second-order valence-corrected chi connectivity index (χ2v) is 4.02. The van der Waals surface area contributed by atoms with Gasteiger partial charge >= 0.3 is 0 Å². The van der Waals surface area contributed by atoms with Gasteiger partial charge in [0.15, 0.2) is 5.82 Å². The summed E-state index contributed by atoms with van der Waals surface area (Å²) in [6.07, 6.45) is 2.64. The number of carbonyl (C=O) groups is 1. The van der Waals surface area contributed by atoms with E-state index in [2.05, 4.69) is 25.8 Å². The smallest absolute Gasteiger partial charge is 0.255 e. The van der Waals surface area contributed by atoms with Gasteiger partial charge in [-0.25, -0.2) is 9.37 Å². The fourth-order valence-electron chi connectivity index (χ4n) is 1.75. The maximum atomic E-state index is 13.2. The molecule has 1 amide bonds. The minimum atomic E-state index is -0.564. The van der Waals surface area contributed by atoms with Crippen LogP contribution in [0.4, 0.5) is 10.2 Å². The molecule has 0 aliphatic heterocycles.